The molecule has 1 aliphatic heterocycles. The quantitative estimate of drug-likeness (QED) is 0.159. The standard InChI is InChI=1S/C20H26N2O2.C8H14NO2.C7H13NO2.CH4O.V/c1-24-15-9-10-17-19(12-15)22-20(23)18(21-17)6-4-2-3-5-13-7-8-14-11-16(13)14;1-9-4-3-7(6-11-2)8(9)5-10;1-7(2,3)6(4-9)8-5-10;1-2;/h9-10,12-14,16H,2-8,11H2,1H3,(H,22,23);7-8H,3-4,6H2,1-2H3;4-6H,1-3H3,(H,8,10);2H,1H3;/q;-1;;;/t;;6-;;/m..1../s1. The van der Waals surface area contributed by atoms with E-state index in [1.165, 1.54) is 38.5 Å². The summed E-state index contributed by atoms with van der Waals surface area (Å²) in [5, 5.41) is 9.42. The SMILES string of the molecule is CC(C)(C)[C@@H](C=O)NC=O.CO.COCC1CCN(C)C1[C-]=O.COc1ccc2nc(CCCCCC3CCC4CC34)c(=O)[nH]c2c1.[V]. The van der Waals surface area contributed by atoms with Crippen LogP contribution in [0.3, 0.4) is 0 Å². The number of likely N-dealkylation sites (N-methyl/N-ethyl adjacent to an activating group) is 1. The molecule has 1 amide bonds. The Morgan fingerprint density at radius 2 is 1.85 bits per heavy atom. The minimum absolute atomic E-state index is 0. The summed E-state index contributed by atoms with van der Waals surface area (Å²) in [5.41, 5.74) is 1.98. The number of nitrogens with one attached hydrogen (secondary N) is 2. The number of methoxy groups -OCH3 is 2. The van der Waals surface area contributed by atoms with Crippen LogP contribution in [0.4, 0.5) is 0 Å². The number of hydrogen-bond acceptors (Lipinski definition) is 9. The summed E-state index contributed by atoms with van der Waals surface area (Å²) in [6.07, 6.45) is 14.6. The minimum Gasteiger partial charge on any atom is -0.540 e. The summed E-state index contributed by atoms with van der Waals surface area (Å²) < 4.78 is 10.2. The van der Waals surface area contributed by atoms with Gasteiger partial charge in [0.05, 0.1) is 24.2 Å². The molecular weight excluding hydrogens is 651 g/mol. The van der Waals surface area contributed by atoms with Crippen molar-refractivity contribution >= 4 is 30.0 Å². The van der Waals surface area contributed by atoms with Gasteiger partial charge in [-0.05, 0) is 93.3 Å². The zero-order valence-electron chi connectivity index (χ0n) is 29.9. The van der Waals surface area contributed by atoms with E-state index in [2.05, 4.69) is 15.3 Å². The van der Waals surface area contributed by atoms with Crippen molar-refractivity contribution in [1.29, 1.82) is 0 Å². The molecule has 1 saturated heterocycles. The third kappa shape index (κ3) is 13.4. The molecule has 2 saturated carbocycles. The molecule has 12 heteroatoms. The molecule has 5 unspecified atom stereocenters. The maximum absolute atomic E-state index is 12.2. The largest absolute Gasteiger partial charge is 0.540 e. The van der Waals surface area contributed by atoms with Gasteiger partial charge in [0.25, 0.3) is 5.56 Å². The van der Waals surface area contributed by atoms with E-state index in [9.17, 15) is 19.2 Å². The number of aryl methyl sites for hydroxylation is 1. The van der Waals surface area contributed by atoms with Crippen LogP contribution < -0.4 is 15.6 Å². The Labute approximate surface area is 298 Å². The summed E-state index contributed by atoms with van der Waals surface area (Å²) in [7, 11) is 6.24. The number of carbonyl (C=O) groups is 2. The maximum Gasteiger partial charge on any atom is 0.270 e. The molecule has 269 valence electrons. The summed E-state index contributed by atoms with van der Waals surface area (Å²) in [6.45, 7) is 7.33. The predicted molar refractivity (Wildman–Crippen MR) is 184 cm³/mol. The van der Waals surface area contributed by atoms with Crippen molar-refractivity contribution in [2.75, 3.05) is 41.5 Å². The number of aliphatic hydroxyl groups is 1. The van der Waals surface area contributed by atoms with Gasteiger partial charge in [0, 0.05) is 45.4 Å². The number of aromatic nitrogens is 2. The first kappa shape index (κ1) is 43.5. The number of aldehydes is 1. The van der Waals surface area contributed by atoms with Gasteiger partial charge in [0.15, 0.2) is 0 Å². The second kappa shape index (κ2) is 22.2. The van der Waals surface area contributed by atoms with Crippen LogP contribution in [0.1, 0.15) is 77.8 Å². The molecule has 2 aliphatic carbocycles. The molecule has 1 aromatic heterocycles. The topological polar surface area (TPSA) is 151 Å². The van der Waals surface area contributed by atoms with Crippen LogP contribution in [-0.2, 0) is 44.1 Å². The molecule has 3 aliphatic rings. The van der Waals surface area contributed by atoms with Crippen molar-refractivity contribution in [3.05, 3.63) is 34.2 Å². The molecule has 3 N–H and O–H groups in total. The van der Waals surface area contributed by atoms with E-state index < -0.39 is 0 Å². The number of ether oxygens (including phenoxy) is 2. The molecule has 3 fully saturated rings. The molecule has 11 nitrogen and oxygen atoms in total. The van der Waals surface area contributed by atoms with Crippen molar-refractivity contribution in [1.82, 2.24) is 20.2 Å². The molecule has 0 spiro atoms. The first-order valence-electron chi connectivity index (χ1n) is 16.8. The fraction of sp³-hybridized carbons (Fsp3) is 0.694. The average Bonchev–Trinajstić information content (AvgIpc) is 3.60. The molecule has 2 aromatic rings. The van der Waals surface area contributed by atoms with Crippen molar-refractivity contribution < 1.29 is 47.5 Å². The Morgan fingerprint density at radius 3 is 2.38 bits per heavy atom. The van der Waals surface area contributed by atoms with Gasteiger partial charge in [-0.25, -0.2) is 11.3 Å². The van der Waals surface area contributed by atoms with Crippen LogP contribution in [0.5, 0.6) is 5.75 Å². The first-order valence-corrected chi connectivity index (χ1v) is 16.8. The average molecular weight is 709 g/mol. The van der Waals surface area contributed by atoms with E-state index >= 15 is 0 Å². The Hall–Kier alpha value is -2.57. The van der Waals surface area contributed by atoms with Crippen LogP contribution in [0, 0.1) is 29.1 Å². The number of unbranched alkanes of at least 4 members (excludes halogenated alkanes) is 2. The Bertz CT molecular complexity index is 1300. The smallest absolute Gasteiger partial charge is 0.270 e. The number of H-pyrrole nitrogens is 1. The van der Waals surface area contributed by atoms with Gasteiger partial charge in [-0.1, -0.05) is 46.1 Å². The van der Waals surface area contributed by atoms with Crippen molar-refractivity contribution in [3.8, 4) is 5.75 Å². The van der Waals surface area contributed by atoms with Gasteiger partial charge < -0.3 is 39.4 Å². The summed E-state index contributed by atoms with van der Waals surface area (Å²) in [6, 6.07) is 5.17. The number of fused-ring (bicyclic) bond motifs is 2. The maximum atomic E-state index is 12.2. The minimum atomic E-state index is -0.384. The van der Waals surface area contributed by atoms with Gasteiger partial charge in [-0.2, -0.15) is 0 Å². The number of amides is 1. The number of nitrogens with zero attached hydrogens (tertiary/aromatic N) is 2. The summed E-state index contributed by atoms with van der Waals surface area (Å²) >= 11 is 0. The van der Waals surface area contributed by atoms with Crippen molar-refractivity contribution in [2.24, 2.45) is 29.1 Å². The van der Waals surface area contributed by atoms with Crippen LogP contribution in [-0.4, -0.2) is 92.6 Å². The third-order valence-electron chi connectivity index (χ3n) is 9.54. The zero-order chi connectivity index (χ0) is 35.0. The monoisotopic (exact) mass is 708 g/mol. The van der Waals surface area contributed by atoms with Gasteiger partial charge in [-0.15, -0.1) is 0 Å². The van der Waals surface area contributed by atoms with Gasteiger partial charge in [-0.3, -0.25) is 9.59 Å². The normalized spacial score (nSPS) is 23.0. The summed E-state index contributed by atoms with van der Waals surface area (Å²) in [4.78, 5) is 52.4. The van der Waals surface area contributed by atoms with E-state index in [0.29, 0.717) is 24.6 Å². The van der Waals surface area contributed by atoms with Gasteiger partial charge in [0.2, 0.25) is 6.41 Å². The van der Waals surface area contributed by atoms with E-state index in [1.807, 2.05) is 57.2 Å². The van der Waals surface area contributed by atoms with Crippen LogP contribution in [0.15, 0.2) is 23.0 Å². The molecule has 6 atom stereocenters. The van der Waals surface area contributed by atoms with Crippen molar-refractivity contribution in [2.45, 2.75) is 90.6 Å². The molecule has 5 rings (SSSR count). The predicted octanol–water partition coefficient (Wildman–Crippen LogP) is 4.10. The molecule has 1 aromatic carbocycles. The van der Waals surface area contributed by atoms with E-state index in [-0.39, 0.29) is 41.6 Å². The fourth-order valence-electron chi connectivity index (χ4n) is 6.62. The molecule has 0 bridgehead atoms. The number of rotatable bonds is 13. The number of hydrogen-bond donors (Lipinski definition) is 3. The number of likely N-dealkylation sites (tertiary alicyclic amines) is 1. The third-order valence-corrected chi connectivity index (χ3v) is 9.54. The number of benzene rings is 1. The Kier molecular flexibility index (Phi) is 20.1. The first-order chi connectivity index (χ1) is 22.6. The van der Waals surface area contributed by atoms with Crippen molar-refractivity contribution in [3.63, 3.8) is 0 Å². The number of aliphatic hydroxyl groups excluding tert-OH is 1. The van der Waals surface area contributed by atoms with Gasteiger partial charge in [0.1, 0.15) is 17.7 Å². The second-order valence-electron chi connectivity index (χ2n) is 13.8. The zero-order valence-corrected chi connectivity index (χ0v) is 31.3. The Morgan fingerprint density at radius 1 is 1.12 bits per heavy atom. The van der Waals surface area contributed by atoms with Crippen LogP contribution in [0.25, 0.3) is 11.0 Å². The number of carbonyl (C=O) groups excluding carboxylic acids is 3. The Balaban J connectivity index is 0.000000403. The molecular formula is C36H57N4O7V-. The van der Waals surface area contributed by atoms with E-state index in [0.717, 1.165) is 73.7 Å². The van der Waals surface area contributed by atoms with E-state index in [4.69, 9.17) is 14.6 Å². The second-order valence-corrected chi connectivity index (χ2v) is 13.8. The van der Waals surface area contributed by atoms with Crippen LogP contribution in [0.2, 0.25) is 0 Å². The molecule has 48 heavy (non-hydrogen) atoms. The summed E-state index contributed by atoms with van der Waals surface area (Å²) in [5.74, 6) is 4.26. The van der Waals surface area contributed by atoms with E-state index in [1.54, 1.807) is 14.2 Å². The number of aromatic amines is 1. The van der Waals surface area contributed by atoms with Gasteiger partial charge >= 0.3 is 0 Å². The molecule has 2 heterocycles. The fourth-order valence-corrected chi connectivity index (χ4v) is 6.62. The molecule has 1 radical (unpaired) electrons. The van der Waals surface area contributed by atoms with Crippen LogP contribution >= 0.6 is 0 Å².